The van der Waals surface area contributed by atoms with Crippen molar-refractivity contribution in [2.75, 3.05) is 0 Å². The normalized spacial score (nSPS) is 13.0. The molecule has 1 aromatic carbocycles. The Kier molecular flexibility index (Phi) is 3.41. The highest BCUT2D eigenvalue weighted by molar-refractivity contribution is 5.38. The average molecular weight is 201 g/mol. The van der Waals surface area contributed by atoms with E-state index in [0.29, 0.717) is 5.56 Å². The van der Waals surface area contributed by atoms with E-state index in [1.807, 2.05) is 13.0 Å². The second-order valence-electron chi connectivity index (χ2n) is 3.21. The molecule has 14 heavy (non-hydrogen) atoms. The minimum atomic E-state index is -2.81. The van der Waals surface area contributed by atoms with Crippen molar-refractivity contribution < 1.29 is 13.5 Å². The Labute approximate surface area is 81.7 Å². The van der Waals surface area contributed by atoms with Crippen molar-refractivity contribution in [1.29, 1.82) is 0 Å². The first kappa shape index (κ1) is 10.9. The molecule has 1 atom stereocenters. The van der Waals surface area contributed by atoms with Crippen LogP contribution in [0.1, 0.15) is 24.1 Å². The average Bonchev–Trinajstić information content (AvgIpc) is 2.01. The van der Waals surface area contributed by atoms with Crippen molar-refractivity contribution in [2.45, 2.75) is 26.5 Å². The van der Waals surface area contributed by atoms with Gasteiger partial charge in [0, 0.05) is 11.6 Å². The Hall–Kier alpha value is -1.16. The molecule has 1 aromatic rings. The maximum atomic E-state index is 12.0. The second-order valence-corrected chi connectivity index (χ2v) is 3.21. The first-order valence-corrected chi connectivity index (χ1v) is 4.31. The maximum Gasteiger partial charge on any atom is 0.387 e. The van der Waals surface area contributed by atoms with Crippen LogP contribution in [0.2, 0.25) is 0 Å². The summed E-state index contributed by atoms with van der Waals surface area (Å²) in [6.07, 6.45) is 0. The van der Waals surface area contributed by atoms with Crippen LogP contribution in [-0.4, -0.2) is 6.61 Å². The van der Waals surface area contributed by atoms with Crippen molar-refractivity contribution in [1.82, 2.24) is 0 Å². The van der Waals surface area contributed by atoms with E-state index in [4.69, 9.17) is 5.73 Å². The molecule has 0 aliphatic carbocycles. The number of hydrogen-bond acceptors (Lipinski definition) is 2. The van der Waals surface area contributed by atoms with Crippen LogP contribution in [0.25, 0.3) is 0 Å². The van der Waals surface area contributed by atoms with Crippen LogP contribution in [0.3, 0.4) is 0 Å². The molecule has 0 radical (unpaired) electrons. The molecule has 0 heterocycles. The van der Waals surface area contributed by atoms with Crippen molar-refractivity contribution in [3.8, 4) is 5.75 Å². The quantitative estimate of drug-likeness (QED) is 0.815. The van der Waals surface area contributed by atoms with Gasteiger partial charge in [-0.05, 0) is 25.5 Å². The van der Waals surface area contributed by atoms with Gasteiger partial charge in [0.05, 0.1) is 0 Å². The summed E-state index contributed by atoms with van der Waals surface area (Å²) >= 11 is 0. The lowest BCUT2D eigenvalue weighted by atomic mass is 10.1. The Morgan fingerprint density at radius 1 is 1.36 bits per heavy atom. The lowest BCUT2D eigenvalue weighted by molar-refractivity contribution is -0.0506. The lowest BCUT2D eigenvalue weighted by Crippen LogP contribution is -2.10. The fourth-order valence-corrected chi connectivity index (χ4v) is 1.22. The third kappa shape index (κ3) is 2.67. The number of halogens is 2. The molecule has 1 unspecified atom stereocenters. The molecule has 0 fully saturated rings. The van der Waals surface area contributed by atoms with Crippen molar-refractivity contribution in [2.24, 2.45) is 5.73 Å². The van der Waals surface area contributed by atoms with Crippen LogP contribution < -0.4 is 10.5 Å². The summed E-state index contributed by atoms with van der Waals surface area (Å²) < 4.78 is 28.4. The van der Waals surface area contributed by atoms with Crippen LogP contribution in [0.15, 0.2) is 18.2 Å². The van der Waals surface area contributed by atoms with Gasteiger partial charge in [-0.3, -0.25) is 0 Å². The number of nitrogens with two attached hydrogens (primary N) is 1. The molecule has 2 nitrogen and oxygen atoms in total. The van der Waals surface area contributed by atoms with Gasteiger partial charge >= 0.3 is 6.61 Å². The zero-order chi connectivity index (χ0) is 10.7. The molecule has 0 spiro atoms. The van der Waals surface area contributed by atoms with E-state index in [-0.39, 0.29) is 11.8 Å². The van der Waals surface area contributed by atoms with E-state index in [1.165, 1.54) is 0 Å². The maximum absolute atomic E-state index is 12.0. The third-order valence-corrected chi connectivity index (χ3v) is 1.88. The van der Waals surface area contributed by atoms with Gasteiger partial charge in [0.2, 0.25) is 0 Å². The first-order chi connectivity index (χ1) is 6.50. The third-order valence-electron chi connectivity index (χ3n) is 1.88. The van der Waals surface area contributed by atoms with Gasteiger partial charge < -0.3 is 10.5 Å². The molecule has 0 aliphatic rings. The molecule has 1 rings (SSSR count). The molecule has 78 valence electrons. The minimum absolute atomic E-state index is 0.162. The molecule has 0 saturated carbocycles. The van der Waals surface area contributed by atoms with Gasteiger partial charge in [-0.2, -0.15) is 8.78 Å². The van der Waals surface area contributed by atoms with Gasteiger partial charge in [0.15, 0.2) is 0 Å². The van der Waals surface area contributed by atoms with E-state index in [9.17, 15) is 8.78 Å². The topological polar surface area (TPSA) is 35.2 Å². The number of alkyl halides is 2. The van der Waals surface area contributed by atoms with Crippen LogP contribution in [0.5, 0.6) is 5.75 Å². The predicted octanol–water partition coefficient (Wildman–Crippen LogP) is 2.62. The summed E-state index contributed by atoms with van der Waals surface area (Å²) in [6.45, 7) is 0.723. The molecule has 4 heteroatoms. The van der Waals surface area contributed by atoms with Crippen molar-refractivity contribution in [3.63, 3.8) is 0 Å². The largest absolute Gasteiger partial charge is 0.434 e. The zero-order valence-electron chi connectivity index (χ0n) is 8.13. The Morgan fingerprint density at radius 2 is 2.00 bits per heavy atom. The zero-order valence-corrected chi connectivity index (χ0v) is 8.13. The highest BCUT2D eigenvalue weighted by atomic mass is 19.3. The number of aryl methyl sites for hydroxylation is 1. The Morgan fingerprint density at radius 3 is 2.50 bits per heavy atom. The Bertz CT molecular complexity index is 313. The van der Waals surface area contributed by atoms with Crippen LogP contribution in [0.4, 0.5) is 8.78 Å². The number of rotatable bonds is 3. The number of benzene rings is 1. The predicted molar refractivity (Wildman–Crippen MR) is 50.4 cm³/mol. The van der Waals surface area contributed by atoms with Gasteiger partial charge in [-0.15, -0.1) is 0 Å². The van der Waals surface area contributed by atoms with Gasteiger partial charge in [-0.1, -0.05) is 12.1 Å². The molecular weight excluding hydrogens is 188 g/mol. The van der Waals surface area contributed by atoms with Gasteiger partial charge in [0.25, 0.3) is 0 Å². The Balaban J connectivity index is 3.03. The minimum Gasteiger partial charge on any atom is -0.434 e. The van der Waals surface area contributed by atoms with Crippen LogP contribution in [-0.2, 0) is 0 Å². The lowest BCUT2D eigenvalue weighted by Gasteiger charge is -2.13. The monoisotopic (exact) mass is 201 g/mol. The van der Waals surface area contributed by atoms with Crippen molar-refractivity contribution in [3.05, 3.63) is 29.3 Å². The summed E-state index contributed by atoms with van der Waals surface area (Å²) in [7, 11) is 0. The van der Waals surface area contributed by atoms with E-state index < -0.39 is 6.61 Å². The van der Waals surface area contributed by atoms with Gasteiger partial charge in [0.1, 0.15) is 5.75 Å². The standard InChI is InChI=1S/C10H13F2NO/c1-6-3-4-8(7(2)13)9(5-6)14-10(11)12/h3-5,7,10H,13H2,1-2H3. The van der Waals surface area contributed by atoms with E-state index in [0.717, 1.165) is 5.56 Å². The van der Waals surface area contributed by atoms with E-state index in [2.05, 4.69) is 4.74 Å². The molecule has 0 aromatic heterocycles. The summed E-state index contributed by atoms with van der Waals surface area (Å²) in [5.41, 5.74) is 7.07. The molecule has 0 amide bonds. The van der Waals surface area contributed by atoms with Crippen LogP contribution >= 0.6 is 0 Å². The molecule has 2 N–H and O–H groups in total. The fraction of sp³-hybridized carbons (Fsp3) is 0.400. The summed E-state index contributed by atoms with van der Waals surface area (Å²) in [6, 6.07) is 4.77. The molecule has 0 bridgehead atoms. The number of ether oxygens (including phenoxy) is 1. The smallest absolute Gasteiger partial charge is 0.387 e. The molecule has 0 saturated heterocycles. The van der Waals surface area contributed by atoms with E-state index >= 15 is 0 Å². The molecule has 0 aliphatic heterocycles. The SMILES string of the molecule is Cc1ccc(C(C)N)c(OC(F)F)c1. The second kappa shape index (κ2) is 4.37. The van der Waals surface area contributed by atoms with Crippen LogP contribution in [0, 0.1) is 6.92 Å². The first-order valence-electron chi connectivity index (χ1n) is 4.31. The number of hydrogen-bond donors (Lipinski definition) is 1. The van der Waals surface area contributed by atoms with E-state index in [1.54, 1.807) is 19.1 Å². The summed E-state index contributed by atoms with van der Waals surface area (Å²) in [5, 5.41) is 0. The summed E-state index contributed by atoms with van der Waals surface area (Å²) in [4.78, 5) is 0. The summed E-state index contributed by atoms with van der Waals surface area (Å²) in [5.74, 6) is 0.162. The highest BCUT2D eigenvalue weighted by Gasteiger charge is 2.12. The fourth-order valence-electron chi connectivity index (χ4n) is 1.22. The highest BCUT2D eigenvalue weighted by Crippen LogP contribution is 2.26. The van der Waals surface area contributed by atoms with Gasteiger partial charge in [-0.25, -0.2) is 0 Å². The van der Waals surface area contributed by atoms with Crippen molar-refractivity contribution >= 4 is 0 Å². The molecular formula is C10H13F2NO.